The molecule has 0 amide bonds. The molecule has 0 bridgehead atoms. The molecular weight excluding hydrogens is 272 g/mol. The van der Waals surface area contributed by atoms with E-state index in [0.29, 0.717) is 5.92 Å². The fourth-order valence-electron chi connectivity index (χ4n) is 3.27. The smallest absolute Gasteiger partial charge is 0.118 e. The monoisotopic (exact) mass is 304 g/mol. The third kappa shape index (κ3) is 4.57. The van der Waals surface area contributed by atoms with Crippen molar-refractivity contribution in [1.82, 2.24) is 0 Å². The van der Waals surface area contributed by atoms with Gasteiger partial charge in [0.05, 0.1) is 12.7 Å². The predicted molar refractivity (Wildman–Crippen MR) is 92.8 cm³/mol. The molecule has 2 nitrogen and oxygen atoms in total. The van der Waals surface area contributed by atoms with Crippen LogP contribution in [0.5, 0.6) is 0 Å². The number of allylic oxidation sites excluding steroid dienone is 6. The van der Waals surface area contributed by atoms with Gasteiger partial charge in [0.2, 0.25) is 0 Å². The summed E-state index contributed by atoms with van der Waals surface area (Å²) in [5.74, 6) is 0.610. The molecule has 1 saturated heterocycles. The van der Waals surface area contributed by atoms with Gasteiger partial charge in [-0.1, -0.05) is 48.8 Å². The summed E-state index contributed by atoms with van der Waals surface area (Å²) in [7, 11) is 0. The number of aliphatic hydroxyl groups excluding tert-OH is 1. The molecule has 1 fully saturated rings. The number of ether oxygens (including phenoxy) is 1. The second-order valence-electron chi connectivity index (χ2n) is 7.37. The fourth-order valence-corrected chi connectivity index (χ4v) is 3.27. The van der Waals surface area contributed by atoms with Gasteiger partial charge < -0.3 is 9.84 Å². The van der Waals surface area contributed by atoms with Crippen LogP contribution in [0.4, 0.5) is 0 Å². The first-order valence-electron chi connectivity index (χ1n) is 8.77. The Hall–Kier alpha value is -0.860. The summed E-state index contributed by atoms with van der Waals surface area (Å²) in [5, 5.41) is 9.66. The van der Waals surface area contributed by atoms with Crippen LogP contribution in [-0.4, -0.2) is 23.4 Å². The minimum atomic E-state index is -0.250. The van der Waals surface area contributed by atoms with Gasteiger partial charge in [0.15, 0.2) is 0 Å². The molecule has 22 heavy (non-hydrogen) atoms. The number of fused-ring (bicyclic) bond motifs is 1. The highest BCUT2D eigenvalue weighted by atomic mass is 16.6. The summed E-state index contributed by atoms with van der Waals surface area (Å²) in [6.45, 7) is 9.15. The van der Waals surface area contributed by atoms with E-state index in [1.165, 1.54) is 16.7 Å². The summed E-state index contributed by atoms with van der Waals surface area (Å²) >= 11 is 0. The Bertz CT molecular complexity index is 470. The third-order valence-corrected chi connectivity index (χ3v) is 5.17. The topological polar surface area (TPSA) is 32.8 Å². The standard InChI is InChI=1S/C20H32O2/c1-15(2)18-10-7-16(3)6-5-13-20(14-21)19(22-20)12-9-17(4)8-11-18/h6,8,11,15,19,21H,5,7,9-10,12-14H2,1-4H3/b16-6+,17-8+,18-11+/t19-,20-/m1/s1. The van der Waals surface area contributed by atoms with Crippen LogP contribution in [0.2, 0.25) is 0 Å². The van der Waals surface area contributed by atoms with Crippen LogP contribution in [0.25, 0.3) is 0 Å². The lowest BCUT2D eigenvalue weighted by Gasteiger charge is -2.13. The van der Waals surface area contributed by atoms with E-state index >= 15 is 0 Å². The summed E-state index contributed by atoms with van der Waals surface area (Å²) in [6, 6.07) is 0. The average Bonchev–Trinajstić information content (AvgIpc) is 3.18. The first-order valence-corrected chi connectivity index (χ1v) is 8.77. The molecule has 0 aromatic carbocycles. The molecule has 0 radical (unpaired) electrons. The summed E-state index contributed by atoms with van der Waals surface area (Å²) in [4.78, 5) is 0. The van der Waals surface area contributed by atoms with E-state index in [1.807, 2.05) is 0 Å². The van der Waals surface area contributed by atoms with Crippen molar-refractivity contribution in [3.63, 3.8) is 0 Å². The van der Waals surface area contributed by atoms with E-state index < -0.39 is 0 Å². The van der Waals surface area contributed by atoms with Crippen LogP contribution < -0.4 is 0 Å². The van der Waals surface area contributed by atoms with Gasteiger partial charge in [-0.05, 0) is 58.3 Å². The normalized spacial score (nSPS) is 37.9. The second kappa shape index (κ2) is 7.61. The van der Waals surface area contributed by atoms with Crippen molar-refractivity contribution in [2.75, 3.05) is 6.61 Å². The van der Waals surface area contributed by atoms with E-state index in [2.05, 4.69) is 45.9 Å². The van der Waals surface area contributed by atoms with Gasteiger partial charge in [0.25, 0.3) is 0 Å². The van der Waals surface area contributed by atoms with Crippen molar-refractivity contribution in [3.05, 3.63) is 34.9 Å². The summed E-state index contributed by atoms with van der Waals surface area (Å²) in [6.07, 6.45) is 13.5. The zero-order valence-corrected chi connectivity index (χ0v) is 14.7. The average molecular weight is 304 g/mol. The quantitative estimate of drug-likeness (QED) is 0.578. The van der Waals surface area contributed by atoms with Crippen LogP contribution in [0.3, 0.4) is 0 Å². The molecule has 1 N–H and O–H groups in total. The van der Waals surface area contributed by atoms with E-state index in [4.69, 9.17) is 4.74 Å². The zero-order valence-electron chi connectivity index (χ0n) is 14.7. The molecule has 2 heteroatoms. The summed E-state index contributed by atoms with van der Waals surface area (Å²) in [5.41, 5.74) is 4.15. The summed E-state index contributed by atoms with van der Waals surface area (Å²) < 4.78 is 5.85. The van der Waals surface area contributed by atoms with Crippen molar-refractivity contribution >= 4 is 0 Å². The van der Waals surface area contributed by atoms with E-state index in [-0.39, 0.29) is 18.3 Å². The molecule has 0 saturated carbocycles. The minimum Gasteiger partial charge on any atom is -0.393 e. The van der Waals surface area contributed by atoms with Gasteiger partial charge in [0, 0.05) is 0 Å². The molecule has 2 atom stereocenters. The van der Waals surface area contributed by atoms with Crippen LogP contribution in [0, 0.1) is 5.92 Å². The lowest BCUT2D eigenvalue weighted by molar-refractivity contribution is 0.164. The molecule has 0 spiro atoms. The molecule has 0 aromatic heterocycles. The van der Waals surface area contributed by atoms with Gasteiger partial charge >= 0.3 is 0 Å². The molecule has 2 aliphatic rings. The molecule has 1 heterocycles. The molecular formula is C20H32O2. The molecule has 1 aliphatic carbocycles. The van der Waals surface area contributed by atoms with Crippen molar-refractivity contribution in [1.29, 1.82) is 0 Å². The predicted octanol–water partition coefficient (Wildman–Crippen LogP) is 4.95. The Balaban J connectivity index is 2.12. The van der Waals surface area contributed by atoms with E-state index in [0.717, 1.165) is 38.5 Å². The first kappa shape index (κ1) is 17.5. The SMILES string of the molecule is C/C1=C\CC[C@]2(CO)O[C@@H]2CC/C(C)=C/C=C(/C(C)C)CC1. The lowest BCUT2D eigenvalue weighted by Crippen LogP contribution is -2.20. The van der Waals surface area contributed by atoms with Crippen molar-refractivity contribution in [2.24, 2.45) is 5.92 Å². The lowest BCUT2D eigenvalue weighted by atomic mass is 9.92. The van der Waals surface area contributed by atoms with Gasteiger partial charge in [-0.15, -0.1) is 0 Å². The number of aliphatic hydroxyl groups is 1. The molecule has 124 valence electrons. The number of hydrogen-bond acceptors (Lipinski definition) is 2. The molecule has 0 aromatic rings. The molecule has 2 rings (SSSR count). The Morgan fingerprint density at radius 3 is 2.64 bits per heavy atom. The third-order valence-electron chi connectivity index (χ3n) is 5.17. The molecule has 1 aliphatic heterocycles. The maximum Gasteiger partial charge on any atom is 0.118 e. The van der Waals surface area contributed by atoms with Crippen LogP contribution in [0.15, 0.2) is 34.9 Å². The highest BCUT2D eigenvalue weighted by Crippen LogP contribution is 2.43. The minimum absolute atomic E-state index is 0.157. The van der Waals surface area contributed by atoms with Gasteiger partial charge in [-0.2, -0.15) is 0 Å². The Labute approximate surface area is 136 Å². The molecule has 0 unspecified atom stereocenters. The fraction of sp³-hybridized carbons (Fsp3) is 0.700. The van der Waals surface area contributed by atoms with Crippen LogP contribution in [-0.2, 0) is 4.74 Å². The van der Waals surface area contributed by atoms with Crippen LogP contribution in [0.1, 0.15) is 66.2 Å². The van der Waals surface area contributed by atoms with Gasteiger partial charge in [-0.3, -0.25) is 0 Å². The van der Waals surface area contributed by atoms with Gasteiger partial charge in [-0.25, -0.2) is 0 Å². The highest BCUT2D eigenvalue weighted by Gasteiger charge is 2.54. The van der Waals surface area contributed by atoms with Gasteiger partial charge in [0.1, 0.15) is 5.60 Å². The Morgan fingerprint density at radius 1 is 1.18 bits per heavy atom. The maximum absolute atomic E-state index is 9.66. The van der Waals surface area contributed by atoms with Crippen molar-refractivity contribution in [2.45, 2.75) is 77.9 Å². The van der Waals surface area contributed by atoms with E-state index in [1.54, 1.807) is 0 Å². The largest absolute Gasteiger partial charge is 0.393 e. The van der Waals surface area contributed by atoms with Crippen LogP contribution >= 0.6 is 0 Å². The number of rotatable bonds is 2. The Morgan fingerprint density at radius 2 is 1.95 bits per heavy atom. The highest BCUT2D eigenvalue weighted by molar-refractivity contribution is 5.20. The first-order chi connectivity index (χ1) is 10.5. The zero-order chi connectivity index (χ0) is 16.2. The van der Waals surface area contributed by atoms with Crippen molar-refractivity contribution < 1.29 is 9.84 Å². The Kier molecular flexibility index (Phi) is 6.05. The number of epoxide rings is 1. The van der Waals surface area contributed by atoms with Crippen molar-refractivity contribution in [3.8, 4) is 0 Å². The number of hydrogen-bond donors (Lipinski definition) is 1. The second-order valence-corrected chi connectivity index (χ2v) is 7.37. The maximum atomic E-state index is 9.66. The van der Waals surface area contributed by atoms with E-state index in [9.17, 15) is 5.11 Å².